The van der Waals surface area contributed by atoms with Gasteiger partial charge in [0.05, 0.1) is 29.3 Å². The van der Waals surface area contributed by atoms with Gasteiger partial charge in [-0.3, -0.25) is 4.79 Å². The van der Waals surface area contributed by atoms with Crippen molar-refractivity contribution in [1.82, 2.24) is 4.31 Å². The van der Waals surface area contributed by atoms with Crippen LogP contribution in [-0.2, 0) is 14.8 Å². The molecule has 0 heterocycles. The normalized spacial score (nSPS) is 11.5. The highest BCUT2D eigenvalue weighted by Gasteiger charge is 2.26. The number of hydrogen-bond donors (Lipinski definition) is 1. The molecule has 1 amide bonds. The van der Waals surface area contributed by atoms with Gasteiger partial charge in [0.1, 0.15) is 5.75 Å². The summed E-state index contributed by atoms with van der Waals surface area (Å²) in [6.07, 6.45) is 0. The van der Waals surface area contributed by atoms with Crippen LogP contribution in [0.15, 0.2) is 35.2 Å². The van der Waals surface area contributed by atoms with Gasteiger partial charge in [0.25, 0.3) is 0 Å². The van der Waals surface area contributed by atoms with Crippen LogP contribution in [0.2, 0.25) is 5.02 Å². The average molecular weight is 437 g/mol. The lowest BCUT2D eigenvalue weighted by Crippen LogP contribution is -2.38. The topological polar surface area (TPSA) is 75.7 Å². The number of anilines is 1. The number of nitrogens with zero attached hydrogens (tertiary/aromatic N) is 1. The van der Waals surface area contributed by atoms with E-state index < -0.39 is 45.6 Å². The van der Waals surface area contributed by atoms with Crippen LogP contribution in [0, 0.1) is 17.5 Å². The van der Waals surface area contributed by atoms with Crippen molar-refractivity contribution in [2.75, 3.05) is 25.5 Å². The van der Waals surface area contributed by atoms with Gasteiger partial charge in [-0.2, -0.15) is 4.31 Å². The summed E-state index contributed by atoms with van der Waals surface area (Å²) in [4.78, 5) is 12.0. The summed E-state index contributed by atoms with van der Waals surface area (Å²) in [5, 5.41) is 2.09. The molecule has 6 nitrogen and oxygen atoms in total. The van der Waals surface area contributed by atoms with E-state index in [4.69, 9.17) is 16.3 Å². The summed E-state index contributed by atoms with van der Waals surface area (Å²) < 4.78 is 71.1. The van der Waals surface area contributed by atoms with E-state index in [1.165, 1.54) is 32.2 Å². The van der Waals surface area contributed by atoms with Crippen molar-refractivity contribution in [3.8, 4) is 5.75 Å². The smallest absolute Gasteiger partial charge is 0.243 e. The van der Waals surface area contributed by atoms with Gasteiger partial charge >= 0.3 is 0 Å². The largest absolute Gasteiger partial charge is 0.495 e. The van der Waals surface area contributed by atoms with Crippen molar-refractivity contribution in [2.24, 2.45) is 0 Å². The SMILES string of the molecule is CCN(CC(=O)Nc1ccc(F)c(F)c1F)S(=O)(=O)c1ccc(OC)c(Cl)c1. The highest BCUT2D eigenvalue weighted by Crippen LogP contribution is 2.28. The second-order valence-corrected chi connectivity index (χ2v) is 7.84. The summed E-state index contributed by atoms with van der Waals surface area (Å²) in [7, 11) is -2.74. The number of ether oxygens (including phenoxy) is 1. The molecule has 2 rings (SSSR count). The molecule has 0 bridgehead atoms. The molecular formula is C17H16ClF3N2O4S. The first-order valence-corrected chi connectivity index (χ1v) is 9.70. The number of nitrogens with one attached hydrogen (secondary N) is 1. The molecule has 2 aromatic carbocycles. The van der Waals surface area contributed by atoms with Crippen molar-refractivity contribution >= 4 is 33.2 Å². The zero-order valence-corrected chi connectivity index (χ0v) is 16.4. The molecule has 0 aromatic heterocycles. The number of halogens is 4. The molecule has 0 aliphatic rings. The van der Waals surface area contributed by atoms with Gasteiger partial charge in [0, 0.05) is 6.54 Å². The van der Waals surface area contributed by atoms with Crippen LogP contribution in [0.5, 0.6) is 5.75 Å². The number of methoxy groups -OCH3 is 1. The molecule has 0 aliphatic heterocycles. The van der Waals surface area contributed by atoms with Gasteiger partial charge in [-0.25, -0.2) is 21.6 Å². The van der Waals surface area contributed by atoms with Crippen LogP contribution in [0.4, 0.5) is 18.9 Å². The Balaban J connectivity index is 2.22. The van der Waals surface area contributed by atoms with Crippen LogP contribution in [0.25, 0.3) is 0 Å². The Morgan fingerprint density at radius 3 is 2.43 bits per heavy atom. The molecule has 0 atom stereocenters. The first-order valence-electron chi connectivity index (χ1n) is 7.88. The minimum Gasteiger partial charge on any atom is -0.495 e. The second-order valence-electron chi connectivity index (χ2n) is 5.50. The molecule has 0 saturated carbocycles. The van der Waals surface area contributed by atoms with Gasteiger partial charge in [0.15, 0.2) is 17.5 Å². The third kappa shape index (κ3) is 4.57. The molecule has 0 unspecified atom stereocenters. The Morgan fingerprint density at radius 2 is 1.86 bits per heavy atom. The molecule has 0 aliphatic carbocycles. The number of amides is 1. The Labute approximate surface area is 164 Å². The van der Waals surface area contributed by atoms with E-state index in [1.807, 2.05) is 5.32 Å². The predicted molar refractivity (Wildman–Crippen MR) is 97.4 cm³/mol. The van der Waals surface area contributed by atoms with E-state index in [0.717, 1.165) is 10.4 Å². The zero-order chi connectivity index (χ0) is 21.1. The summed E-state index contributed by atoms with van der Waals surface area (Å²) in [5.74, 6) is -5.40. The first kappa shape index (κ1) is 22.0. The standard InChI is InChI=1S/C17H16ClF3N2O4S/c1-3-23(28(25,26)10-4-7-14(27-2)11(18)8-10)9-15(24)22-13-6-5-12(19)16(20)17(13)21/h4-8H,3,9H2,1-2H3,(H,22,24). The number of carbonyl (C=O) groups is 1. The maximum atomic E-state index is 13.7. The van der Waals surface area contributed by atoms with Crippen molar-refractivity contribution in [3.63, 3.8) is 0 Å². The van der Waals surface area contributed by atoms with Crippen LogP contribution < -0.4 is 10.1 Å². The summed E-state index contributed by atoms with van der Waals surface area (Å²) >= 11 is 5.95. The van der Waals surface area contributed by atoms with Gasteiger partial charge in [-0.15, -0.1) is 0 Å². The molecule has 0 fully saturated rings. The number of rotatable bonds is 7. The fraction of sp³-hybridized carbons (Fsp3) is 0.235. The molecule has 0 spiro atoms. The van der Waals surface area contributed by atoms with E-state index in [0.29, 0.717) is 6.07 Å². The summed E-state index contributed by atoms with van der Waals surface area (Å²) in [5.41, 5.74) is -0.607. The number of benzene rings is 2. The highest BCUT2D eigenvalue weighted by molar-refractivity contribution is 7.89. The van der Waals surface area contributed by atoms with E-state index in [1.54, 1.807) is 0 Å². The first-order chi connectivity index (χ1) is 13.1. The van der Waals surface area contributed by atoms with Gasteiger partial charge in [-0.05, 0) is 30.3 Å². The van der Waals surface area contributed by atoms with Crippen LogP contribution >= 0.6 is 11.6 Å². The number of hydrogen-bond acceptors (Lipinski definition) is 4. The molecule has 2 aromatic rings. The van der Waals surface area contributed by atoms with Crippen molar-refractivity contribution in [3.05, 3.63) is 52.8 Å². The Bertz CT molecular complexity index is 1000. The van der Waals surface area contributed by atoms with E-state index in [-0.39, 0.29) is 22.2 Å². The van der Waals surface area contributed by atoms with Gasteiger partial charge in [0.2, 0.25) is 15.9 Å². The third-order valence-electron chi connectivity index (χ3n) is 3.74. The lowest BCUT2D eigenvalue weighted by molar-refractivity contribution is -0.116. The van der Waals surface area contributed by atoms with Crippen molar-refractivity contribution in [2.45, 2.75) is 11.8 Å². The van der Waals surface area contributed by atoms with Crippen LogP contribution in [0.3, 0.4) is 0 Å². The Kier molecular flexibility index (Phi) is 6.91. The average Bonchev–Trinajstić information content (AvgIpc) is 2.66. The van der Waals surface area contributed by atoms with Crippen LogP contribution in [-0.4, -0.2) is 38.8 Å². The van der Waals surface area contributed by atoms with E-state index >= 15 is 0 Å². The van der Waals surface area contributed by atoms with E-state index in [9.17, 15) is 26.4 Å². The second kappa shape index (κ2) is 8.80. The minimum atomic E-state index is -4.11. The lowest BCUT2D eigenvalue weighted by Gasteiger charge is -2.20. The maximum absolute atomic E-state index is 13.7. The Morgan fingerprint density at radius 1 is 1.18 bits per heavy atom. The molecular weight excluding hydrogens is 421 g/mol. The third-order valence-corrected chi connectivity index (χ3v) is 5.96. The fourth-order valence-corrected chi connectivity index (χ4v) is 4.05. The monoisotopic (exact) mass is 436 g/mol. The molecule has 0 saturated heterocycles. The molecule has 0 radical (unpaired) electrons. The number of carbonyl (C=O) groups excluding carboxylic acids is 1. The molecule has 28 heavy (non-hydrogen) atoms. The summed E-state index contributed by atoms with van der Waals surface area (Å²) in [6, 6.07) is 5.27. The highest BCUT2D eigenvalue weighted by atomic mass is 35.5. The fourth-order valence-electron chi connectivity index (χ4n) is 2.30. The summed E-state index contributed by atoms with van der Waals surface area (Å²) in [6.45, 7) is 0.731. The van der Waals surface area contributed by atoms with Gasteiger partial charge < -0.3 is 10.1 Å². The number of sulfonamides is 1. The van der Waals surface area contributed by atoms with E-state index in [2.05, 4.69) is 0 Å². The quantitative estimate of drug-likeness (QED) is 0.675. The maximum Gasteiger partial charge on any atom is 0.243 e. The molecule has 11 heteroatoms. The minimum absolute atomic E-state index is 0.0629. The molecule has 1 N–H and O–H groups in total. The van der Waals surface area contributed by atoms with Crippen molar-refractivity contribution in [1.29, 1.82) is 0 Å². The van der Waals surface area contributed by atoms with Gasteiger partial charge in [-0.1, -0.05) is 18.5 Å². The van der Waals surface area contributed by atoms with Crippen molar-refractivity contribution < 1.29 is 31.1 Å². The molecule has 152 valence electrons. The number of likely N-dealkylation sites (N-methyl/N-ethyl adjacent to an activating group) is 1. The Hall–Kier alpha value is -2.30. The van der Waals surface area contributed by atoms with Crippen LogP contribution in [0.1, 0.15) is 6.92 Å². The zero-order valence-electron chi connectivity index (χ0n) is 14.8. The predicted octanol–water partition coefficient (Wildman–Crippen LogP) is 3.42. The lowest BCUT2D eigenvalue weighted by atomic mass is 10.2.